The minimum absolute atomic E-state index is 0.0996. The van der Waals surface area contributed by atoms with Crippen molar-refractivity contribution < 1.29 is 14.4 Å². The number of hydrogen-bond donors (Lipinski definition) is 1. The van der Waals surface area contributed by atoms with Gasteiger partial charge in [0.15, 0.2) is 0 Å². The van der Waals surface area contributed by atoms with Crippen molar-refractivity contribution in [1.82, 2.24) is 20.0 Å². The maximum atomic E-state index is 13.0. The Hall–Kier alpha value is -2.52. The fourth-order valence-electron chi connectivity index (χ4n) is 4.20. The van der Waals surface area contributed by atoms with Crippen molar-refractivity contribution in [2.75, 3.05) is 31.5 Å². The maximum Gasteiger partial charge on any atom is 0.286 e. The van der Waals surface area contributed by atoms with Gasteiger partial charge in [-0.05, 0) is 43.9 Å². The summed E-state index contributed by atoms with van der Waals surface area (Å²) in [6, 6.07) is 6.78. The number of halogens is 1. The average molecular weight is 476 g/mol. The van der Waals surface area contributed by atoms with Gasteiger partial charge < -0.3 is 15.1 Å². The van der Waals surface area contributed by atoms with E-state index in [1.54, 1.807) is 29.2 Å². The monoisotopic (exact) mass is 475 g/mol. The molecule has 4 rings (SSSR count). The molecule has 2 aliphatic heterocycles. The number of nitrogens with zero attached hydrogens (tertiary/aromatic N) is 4. The zero-order chi connectivity index (χ0) is 22.5. The Morgan fingerprint density at radius 2 is 1.69 bits per heavy atom. The van der Waals surface area contributed by atoms with Crippen molar-refractivity contribution in [1.29, 1.82) is 0 Å². The number of amides is 3. The highest BCUT2D eigenvalue weighted by molar-refractivity contribution is 7.15. The van der Waals surface area contributed by atoms with Crippen LogP contribution in [0.4, 0.5) is 5.69 Å². The first-order chi connectivity index (χ1) is 15.5. The summed E-state index contributed by atoms with van der Waals surface area (Å²) in [6.45, 7) is 2.58. The molecule has 8 nitrogen and oxygen atoms in total. The number of anilines is 1. The van der Waals surface area contributed by atoms with E-state index >= 15 is 0 Å². The molecule has 2 aromatic rings. The van der Waals surface area contributed by atoms with Crippen LogP contribution < -0.4 is 5.32 Å². The van der Waals surface area contributed by atoms with Crippen LogP contribution in [0.15, 0.2) is 24.3 Å². The third-order valence-corrected chi connectivity index (χ3v) is 7.01. The Kier molecular flexibility index (Phi) is 7.36. The van der Waals surface area contributed by atoms with Gasteiger partial charge in [-0.2, -0.15) is 0 Å². The van der Waals surface area contributed by atoms with Crippen molar-refractivity contribution >= 4 is 46.3 Å². The predicted molar refractivity (Wildman–Crippen MR) is 123 cm³/mol. The largest absolute Gasteiger partial charge is 0.342 e. The van der Waals surface area contributed by atoms with Gasteiger partial charge in [0, 0.05) is 36.9 Å². The molecule has 10 heteroatoms. The van der Waals surface area contributed by atoms with Gasteiger partial charge in [-0.1, -0.05) is 41.8 Å². The first-order valence-corrected chi connectivity index (χ1v) is 12.2. The van der Waals surface area contributed by atoms with Crippen LogP contribution >= 0.6 is 22.9 Å². The number of aromatic nitrogens is 2. The summed E-state index contributed by atoms with van der Waals surface area (Å²) in [5, 5.41) is 11.3. The van der Waals surface area contributed by atoms with Crippen molar-refractivity contribution in [3.63, 3.8) is 0 Å². The Balaban J connectivity index is 1.38. The molecule has 0 unspecified atom stereocenters. The smallest absolute Gasteiger partial charge is 0.286 e. The molecule has 0 radical (unpaired) electrons. The van der Waals surface area contributed by atoms with Gasteiger partial charge in [0.1, 0.15) is 0 Å². The zero-order valence-corrected chi connectivity index (χ0v) is 19.3. The first-order valence-electron chi connectivity index (χ1n) is 11.0. The molecule has 2 aliphatic rings. The van der Waals surface area contributed by atoms with E-state index in [2.05, 4.69) is 15.5 Å². The van der Waals surface area contributed by atoms with Gasteiger partial charge in [0.2, 0.25) is 15.9 Å². The molecule has 2 fully saturated rings. The Morgan fingerprint density at radius 3 is 2.44 bits per heavy atom. The fraction of sp³-hybridized carbons (Fsp3) is 0.500. The van der Waals surface area contributed by atoms with Crippen LogP contribution in [-0.2, 0) is 4.79 Å². The molecular formula is C22H26ClN5O3S. The van der Waals surface area contributed by atoms with Crippen LogP contribution in [0, 0.1) is 5.92 Å². The molecule has 1 aromatic heterocycles. The Morgan fingerprint density at radius 1 is 0.969 bits per heavy atom. The van der Waals surface area contributed by atoms with E-state index in [-0.39, 0.29) is 27.7 Å². The lowest BCUT2D eigenvalue weighted by molar-refractivity contribution is -0.136. The molecule has 1 aromatic carbocycles. The number of piperidine rings is 1. The second kappa shape index (κ2) is 10.4. The number of hydrogen-bond acceptors (Lipinski definition) is 6. The molecular weight excluding hydrogens is 450 g/mol. The minimum atomic E-state index is -0.448. The van der Waals surface area contributed by atoms with Crippen LogP contribution in [0.5, 0.6) is 0 Å². The molecule has 1 N–H and O–H groups in total. The standard InChI is InChI=1S/C22H26ClN5O3S/c23-16-8-5-9-17(13-16)24-18(29)19-25-26-20(32-19)22(31)28-12-6-7-15(14-28)21(30)27-10-3-1-2-4-11-27/h5,8-9,13,15H,1-4,6-7,10-12,14H2,(H,24,29)/t15-/m0/s1. The SMILES string of the molecule is O=C(Nc1cccc(Cl)c1)c1nnc(C(=O)N2CCC[C@H](C(=O)N3CCCCCC3)C2)s1. The second-order valence-electron chi connectivity index (χ2n) is 8.21. The molecule has 0 saturated carbocycles. The Labute approximate surface area is 195 Å². The summed E-state index contributed by atoms with van der Waals surface area (Å²) in [5.74, 6) is -0.748. The van der Waals surface area contributed by atoms with Crippen molar-refractivity contribution in [3.8, 4) is 0 Å². The number of carbonyl (C=O) groups excluding carboxylic acids is 3. The molecule has 0 spiro atoms. The van der Waals surface area contributed by atoms with E-state index in [1.165, 1.54) is 12.8 Å². The third-order valence-electron chi connectivity index (χ3n) is 5.86. The molecule has 1 atom stereocenters. The highest BCUT2D eigenvalue weighted by Gasteiger charge is 2.33. The van der Waals surface area contributed by atoms with Crippen molar-refractivity contribution in [2.45, 2.75) is 38.5 Å². The number of nitrogens with one attached hydrogen (secondary N) is 1. The lowest BCUT2D eigenvalue weighted by atomic mass is 9.96. The third kappa shape index (κ3) is 5.45. The summed E-state index contributed by atoms with van der Waals surface area (Å²) >= 11 is 6.90. The summed E-state index contributed by atoms with van der Waals surface area (Å²) in [6.07, 6.45) is 6.00. The van der Waals surface area contributed by atoms with Crippen LogP contribution in [0.25, 0.3) is 0 Å². The summed E-state index contributed by atoms with van der Waals surface area (Å²) in [4.78, 5) is 42.1. The molecule has 0 bridgehead atoms. The highest BCUT2D eigenvalue weighted by atomic mass is 35.5. The van der Waals surface area contributed by atoms with E-state index in [0.717, 1.165) is 50.1 Å². The van der Waals surface area contributed by atoms with Crippen LogP contribution in [0.3, 0.4) is 0 Å². The summed E-state index contributed by atoms with van der Waals surface area (Å²) in [7, 11) is 0. The lowest BCUT2D eigenvalue weighted by Crippen LogP contribution is -2.47. The maximum absolute atomic E-state index is 13.0. The van der Waals surface area contributed by atoms with Gasteiger partial charge in [-0.3, -0.25) is 14.4 Å². The van der Waals surface area contributed by atoms with Gasteiger partial charge in [0.05, 0.1) is 5.92 Å². The first kappa shape index (κ1) is 22.7. The average Bonchev–Trinajstić information content (AvgIpc) is 3.14. The molecule has 2 saturated heterocycles. The summed E-state index contributed by atoms with van der Waals surface area (Å²) in [5.41, 5.74) is 0.538. The van der Waals surface area contributed by atoms with E-state index in [0.29, 0.717) is 23.8 Å². The number of carbonyl (C=O) groups is 3. The van der Waals surface area contributed by atoms with Crippen LogP contribution in [0.1, 0.15) is 58.1 Å². The van der Waals surface area contributed by atoms with E-state index < -0.39 is 5.91 Å². The van der Waals surface area contributed by atoms with Crippen molar-refractivity contribution in [2.24, 2.45) is 5.92 Å². The summed E-state index contributed by atoms with van der Waals surface area (Å²) < 4.78 is 0. The number of likely N-dealkylation sites (tertiary alicyclic amines) is 2. The number of rotatable bonds is 4. The van der Waals surface area contributed by atoms with Gasteiger partial charge in [-0.25, -0.2) is 0 Å². The molecule has 0 aliphatic carbocycles. The zero-order valence-electron chi connectivity index (χ0n) is 17.8. The van der Waals surface area contributed by atoms with E-state index in [1.807, 2.05) is 4.90 Å². The minimum Gasteiger partial charge on any atom is -0.342 e. The van der Waals surface area contributed by atoms with Gasteiger partial charge >= 0.3 is 0 Å². The fourth-order valence-corrected chi connectivity index (χ4v) is 5.10. The number of benzene rings is 1. The van der Waals surface area contributed by atoms with Crippen LogP contribution in [-0.4, -0.2) is 63.9 Å². The second-order valence-corrected chi connectivity index (χ2v) is 9.62. The quantitative estimate of drug-likeness (QED) is 0.727. The highest BCUT2D eigenvalue weighted by Crippen LogP contribution is 2.24. The Bertz CT molecular complexity index is 989. The molecule has 3 heterocycles. The van der Waals surface area contributed by atoms with Gasteiger partial charge in [-0.15, -0.1) is 10.2 Å². The normalized spacial score (nSPS) is 19.3. The predicted octanol–water partition coefficient (Wildman–Crippen LogP) is 3.70. The van der Waals surface area contributed by atoms with Gasteiger partial charge in [0.25, 0.3) is 11.8 Å². The molecule has 32 heavy (non-hydrogen) atoms. The van der Waals surface area contributed by atoms with E-state index in [9.17, 15) is 14.4 Å². The molecule has 170 valence electrons. The lowest BCUT2D eigenvalue weighted by Gasteiger charge is -2.34. The van der Waals surface area contributed by atoms with Crippen molar-refractivity contribution in [3.05, 3.63) is 39.3 Å². The van der Waals surface area contributed by atoms with Crippen LogP contribution in [0.2, 0.25) is 5.02 Å². The topological polar surface area (TPSA) is 95.5 Å². The van der Waals surface area contributed by atoms with E-state index in [4.69, 9.17) is 11.6 Å². The molecule has 3 amide bonds.